The Morgan fingerprint density at radius 3 is 2.50 bits per heavy atom. The molecule has 0 atom stereocenters. The van der Waals surface area contributed by atoms with E-state index in [0.29, 0.717) is 19.5 Å². The van der Waals surface area contributed by atoms with Crippen molar-refractivity contribution in [2.45, 2.75) is 33.6 Å². The van der Waals surface area contributed by atoms with Gasteiger partial charge in [-0.1, -0.05) is 0 Å². The van der Waals surface area contributed by atoms with E-state index in [1.807, 2.05) is 13.8 Å². The zero-order valence-electron chi connectivity index (χ0n) is 14.7. The van der Waals surface area contributed by atoms with Crippen LogP contribution in [0.3, 0.4) is 0 Å². The molecule has 0 aromatic carbocycles. The van der Waals surface area contributed by atoms with E-state index in [0.717, 1.165) is 42.4 Å². The number of rotatable bonds is 9. The molecule has 0 unspecified atom stereocenters. The summed E-state index contributed by atoms with van der Waals surface area (Å²) in [6.07, 6.45) is 2.68. The smallest absolute Gasteiger partial charge is 0.208 e. The highest BCUT2D eigenvalue weighted by atomic mass is 127. The van der Waals surface area contributed by atoms with Gasteiger partial charge in [0.25, 0.3) is 0 Å². The third-order valence-corrected chi connectivity index (χ3v) is 4.88. The van der Waals surface area contributed by atoms with Crippen LogP contribution in [-0.2, 0) is 16.4 Å². The zero-order chi connectivity index (χ0) is 17.3. The molecule has 0 radical (unpaired) electrons. The Balaban J connectivity index is 0.00000529. The largest absolute Gasteiger partial charge is 0.357 e. The standard InChI is InChI=1S/C14H27N5O2S2.HI/c1-5-15-14(16-8-6-9-18-23(4,20)21)17-10-7-13-19-11(2)12(3)22-13;/h18H,5-10H2,1-4H3,(H2,15,16,17);1H. The Hall–Kier alpha value is -0.460. The van der Waals surface area contributed by atoms with Gasteiger partial charge in [-0.2, -0.15) is 0 Å². The molecule has 0 fully saturated rings. The predicted molar refractivity (Wildman–Crippen MR) is 112 cm³/mol. The maximum Gasteiger partial charge on any atom is 0.208 e. The van der Waals surface area contributed by atoms with Crippen LogP contribution in [0.15, 0.2) is 4.99 Å². The second-order valence-electron chi connectivity index (χ2n) is 5.21. The molecule has 10 heteroatoms. The molecule has 0 amide bonds. The summed E-state index contributed by atoms with van der Waals surface area (Å²) in [5.41, 5.74) is 1.10. The number of nitrogens with one attached hydrogen (secondary N) is 3. The summed E-state index contributed by atoms with van der Waals surface area (Å²) in [6.45, 7) is 8.63. The molecule has 1 aromatic rings. The topological polar surface area (TPSA) is 95.5 Å². The summed E-state index contributed by atoms with van der Waals surface area (Å²) in [5, 5.41) is 7.57. The number of aromatic nitrogens is 1. The molecule has 1 heterocycles. The van der Waals surface area contributed by atoms with Crippen molar-refractivity contribution in [3.63, 3.8) is 0 Å². The van der Waals surface area contributed by atoms with Gasteiger partial charge in [-0.15, -0.1) is 35.3 Å². The van der Waals surface area contributed by atoms with E-state index in [2.05, 4.69) is 32.3 Å². The Labute approximate surface area is 166 Å². The number of nitrogens with zero attached hydrogens (tertiary/aromatic N) is 2. The van der Waals surface area contributed by atoms with Crippen LogP contribution in [0.2, 0.25) is 0 Å². The van der Waals surface area contributed by atoms with Crippen LogP contribution in [0.25, 0.3) is 0 Å². The second kappa shape index (κ2) is 12.0. The van der Waals surface area contributed by atoms with E-state index in [1.165, 1.54) is 4.88 Å². The van der Waals surface area contributed by atoms with Crippen molar-refractivity contribution in [2.24, 2.45) is 4.99 Å². The Kier molecular flexibility index (Phi) is 11.8. The lowest BCUT2D eigenvalue weighted by molar-refractivity contribution is 0.585. The molecule has 0 aliphatic rings. The lowest BCUT2D eigenvalue weighted by Crippen LogP contribution is -2.38. The predicted octanol–water partition coefficient (Wildman–Crippen LogP) is 1.41. The van der Waals surface area contributed by atoms with Crippen LogP contribution < -0.4 is 15.4 Å². The Morgan fingerprint density at radius 2 is 1.96 bits per heavy atom. The van der Waals surface area contributed by atoms with Crippen molar-refractivity contribution in [2.75, 3.05) is 32.4 Å². The average molecular weight is 489 g/mol. The van der Waals surface area contributed by atoms with Gasteiger partial charge in [0, 0.05) is 37.5 Å². The Bertz CT molecular complexity index is 597. The number of guanidine groups is 1. The molecule has 24 heavy (non-hydrogen) atoms. The molecule has 0 aliphatic carbocycles. The molecule has 0 bridgehead atoms. The first-order valence-electron chi connectivity index (χ1n) is 7.71. The van der Waals surface area contributed by atoms with Crippen LogP contribution in [0.1, 0.15) is 28.9 Å². The van der Waals surface area contributed by atoms with Crippen LogP contribution in [-0.4, -0.2) is 51.8 Å². The molecule has 140 valence electrons. The van der Waals surface area contributed by atoms with Crippen molar-refractivity contribution in [3.8, 4) is 0 Å². The molecule has 1 rings (SSSR count). The number of halogens is 1. The maximum absolute atomic E-state index is 11.0. The van der Waals surface area contributed by atoms with E-state index in [-0.39, 0.29) is 24.0 Å². The fourth-order valence-electron chi connectivity index (χ4n) is 1.80. The summed E-state index contributed by atoms with van der Waals surface area (Å²) in [5.74, 6) is 0.747. The van der Waals surface area contributed by atoms with Gasteiger partial charge in [-0.3, -0.25) is 4.99 Å². The first kappa shape index (κ1) is 23.5. The van der Waals surface area contributed by atoms with Crippen molar-refractivity contribution in [1.82, 2.24) is 20.3 Å². The molecule has 7 nitrogen and oxygen atoms in total. The number of aliphatic imine (C=N–C) groups is 1. The van der Waals surface area contributed by atoms with Gasteiger partial charge in [-0.25, -0.2) is 18.1 Å². The van der Waals surface area contributed by atoms with Crippen molar-refractivity contribution in [1.29, 1.82) is 0 Å². The number of aryl methyl sites for hydroxylation is 2. The zero-order valence-corrected chi connectivity index (χ0v) is 18.6. The van der Waals surface area contributed by atoms with E-state index >= 15 is 0 Å². The highest BCUT2D eigenvalue weighted by Crippen LogP contribution is 2.16. The van der Waals surface area contributed by atoms with Crippen LogP contribution in [0, 0.1) is 13.8 Å². The summed E-state index contributed by atoms with van der Waals surface area (Å²) < 4.78 is 24.4. The molecule has 0 saturated carbocycles. The lowest BCUT2D eigenvalue weighted by Gasteiger charge is -2.10. The van der Waals surface area contributed by atoms with Gasteiger partial charge in [0.2, 0.25) is 10.0 Å². The minimum atomic E-state index is -3.12. The third-order valence-electron chi connectivity index (χ3n) is 3.02. The second-order valence-corrected chi connectivity index (χ2v) is 8.33. The summed E-state index contributed by atoms with van der Waals surface area (Å²) >= 11 is 1.73. The number of hydrogen-bond donors (Lipinski definition) is 3. The van der Waals surface area contributed by atoms with Gasteiger partial charge in [0.1, 0.15) is 0 Å². The van der Waals surface area contributed by atoms with Crippen LogP contribution >= 0.6 is 35.3 Å². The van der Waals surface area contributed by atoms with Gasteiger partial charge < -0.3 is 10.6 Å². The maximum atomic E-state index is 11.0. The molecule has 0 spiro atoms. The quantitative estimate of drug-likeness (QED) is 0.211. The fourth-order valence-corrected chi connectivity index (χ4v) is 3.25. The van der Waals surface area contributed by atoms with Gasteiger partial charge in [0.15, 0.2) is 5.96 Å². The summed E-state index contributed by atoms with van der Waals surface area (Å²) in [7, 11) is -3.12. The van der Waals surface area contributed by atoms with E-state index in [9.17, 15) is 8.42 Å². The van der Waals surface area contributed by atoms with Gasteiger partial charge in [-0.05, 0) is 27.2 Å². The fraction of sp³-hybridized carbons (Fsp3) is 0.714. The Morgan fingerprint density at radius 1 is 1.25 bits per heavy atom. The molecular formula is C14H28IN5O2S2. The van der Waals surface area contributed by atoms with Crippen molar-refractivity contribution in [3.05, 3.63) is 15.6 Å². The van der Waals surface area contributed by atoms with Crippen molar-refractivity contribution < 1.29 is 8.42 Å². The lowest BCUT2D eigenvalue weighted by atomic mass is 10.4. The molecular weight excluding hydrogens is 461 g/mol. The van der Waals surface area contributed by atoms with E-state index < -0.39 is 10.0 Å². The van der Waals surface area contributed by atoms with Crippen molar-refractivity contribution >= 4 is 51.3 Å². The minimum Gasteiger partial charge on any atom is -0.357 e. The highest BCUT2D eigenvalue weighted by Gasteiger charge is 2.04. The molecule has 3 N–H and O–H groups in total. The van der Waals surface area contributed by atoms with E-state index in [4.69, 9.17) is 0 Å². The van der Waals surface area contributed by atoms with E-state index in [1.54, 1.807) is 11.3 Å². The summed E-state index contributed by atoms with van der Waals surface area (Å²) in [6, 6.07) is 0. The molecule has 1 aromatic heterocycles. The first-order valence-corrected chi connectivity index (χ1v) is 10.4. The number of thiazole rings is 1. The van der Waals surface area contributed by atoms with Crippen LogP contribution in [0.5, 0.6) is 0 Å². The number of sulfonamides is 1. The number of hydrogen-bond acceptors (Lipinski definition) is 5. The normalized spacial score (nSPS) is 11.9. The molecule has 0 aliphatic heterocycles. The monoisotopic (exact) mass is 489 g/mol. The summed E-state index contributed by atoms with van der Waals surface area (Å²) in [4.78, 5) is 10.2. The molecule has 0 saturated heterocycles. The highest BCUT2D eigenvalue weighted by molar-refractivity contribution is 14.0. The average Bonchev–Trinajstić information content (AvgIpc) is 2.76. The minimum absolute atomic E-state index is 0. The van der Waals surface area contributed by atoms with Crippen LogP contribution in [0.4, 0.5) is 0 Å². The van der Waals surface area contributed by atoms with Gasteiger partial charge >= 0.3 is 0 Å². The third kappa shape index (κ3) is 10.4. The SMILES string of the molecule is CCNC(=NCCCNS(C)(=O)=O)NCCc1nc(C)c(C)s1.I. The first-order chi connectivity index (χ1) is 10.8. The van der Waals surface area contributed by atoms with Gasteiger partial charge in [0.05, 0.1) is 17.0 Å².